The second-order valence-corrected chi connectivity index (χ2v) is 4.15. The lowest BCUT2D eigenvalue weighted by molar-refractivity contribution is -0.137. The second-order valence-electron chi connectivity index (χ2n) is 4.15. The molecule has 0 N–H and O–H groups in total. The fourth-order valence-electron chi connectivity index (χ4n) is 1.73. The molecular weight excluding hydrogens is 257 g/mol. The Kier molecular flexibility index (Phi) is 3.74. The summed E-state index contributed by atoms with van der Waals surface area (Å²) in [6.45, 7) is 0.982. The Morgan fingerprint density at radius 1 is 1.37 bits per heavy atom. The Morgan fingerprint density at radius 3 is 2.68 bits per heavy atom. The summed E-state index contributed by atoms with van der Waals surface area (Å²) in [4.78, 5) is 16.5. The van der Waals surface area contributed by atoms with Gasteiger partial charge >= 0.3 is 6.18 Å². The van der Waals surface area contributed by atoms with Gasteiger partial charge in [-0.25, -0.2) is 4.98 Å². The van der Waals surface area contributed by atoms with Crippen LogP contribution in [-0.2, 0) is 11.0 Å². The van der Waals surface area contributed by atoms with Crippen molar-refractivity contribution in [1.29, 1.82) is 0 Å². The molecule has 3 nitrogen and oxygen atoms in total. The van der Waals surface area contributed by atoms with Gasteiger partial charge in [0.2, 0.25) is 5.91 Å². The van der Waals surface area contributed by atoms with Crippen LogP contribution in [0.1, 0.15) is 24.1 Å². The van der Waals surface area contributed by atoms with Crippen LogP contribution in [0, 0.1) is 11.8 Å². The monoisotopic (exact) mass is 268 g/mol. The number of nitrogens with zero attached hydrogens (tertiary/aromatic N) is 2. The number of pyridine rings is 1. The van der Waals surface area contributed by atoms with Crippen molar-refractivity contribution in [1.82, 2.24) is 9.88 Å². The van der Waals surface area contributed by atoms with E-state index in [1.54, 1.807) is 4.90 Å². The number of rotatable bonds is 1. The fourth-order valence-corrected chi connectivity index (χ4v) is 1.73. The highest BCUT2D eigenvalue weighted by atomic mass is 19.4. The highest BCUT2D eigenvalue weighted by Gasteiger charge is 2.30. The molecule has 0 radical (unpaired) electrons. The lowest BCUT2D eigenvalue weighted by Crippen LogP contribution is -2.24. The lowest BCUT2D eigenvalue weighted by atomic mass is 10.2. The third kappa shape index (κ3) is 3.47. The topological polar surface area (TPSA) is 33.2 Å². The van der Waals surface area contributed by atoms with E-state index in [1.165, 1.54) is 6.07 Å². The molecule has 1 aliphatic heterocycles. The molecule has 1 aromatic heterocycles. The van der Waals surface area contributed by atoms with Crippen LogP contribution in [-0.4, -0.2) is 28.9 Å². The Hall–Kier alpha value is -2.03. The molecule has 0 bridgehead atoms. The maximum Gasteiger partial charge on any atom is 0.417 e. The van der Waals surface area contributed by atoms with Gasteiger partial charge in [0.15, 0.2) is 0 Å². The molecule has 1 aromatic rings. The van der Waals surface area contributed by atoms with Crippen molar-refractivity contribution >= 4 is 5.91 Å². The number of hydrogen-bond donors (Lipinski definition) is 0. The molecule has 0 atom stereocenters. The van der Waals surface area contributed by atoms with Crippen LogP contribution in [0.2, 0.25) is 0 Å². The fraction of sp³-hybridized carbons (Fsp3) is 0.385. The highest BCUT2D eigenvalue weighted by molar-refractivity contribution is 5.78. The van der Waals surface area contributed by atoms with Crippen LogP contribution < -0.4 is 0 Å². The third-order valence-corrected chi connectivity index (χ3v) is 2.75. The Morgan fingerprint density at radius 2 is 2.16 bits per heavy atom. The molecule has 0 aromatic carbocycles. The Bertz CT molecular complexity index is 526. The first-order chi connectivity index (χ1) is 8.97. The molecule has 1 aliphatic rings. The second kappa shape index (κ2) is 5.31. The minimum Gasteiger partial charge on any atom is -0.332 e. The predicted molar refractivity (Wildman–Crippen MR) is 61.9 cm³/mol. The van der Waals surface area contributed by atoms with Gasteiger partial charge in [-0.15, -0.1) is 0 Å². The van der Waals surface area contributed by atoms with Crippen LogP contribution in [0.5, 0.6) is 0 Å². The quantitative estimate of drug-likeness (QED) is 0.731. The average Bonchev–Trinajstić information content (AvgIpc) is 2.75. The van der Waals surface area contributed by atoms with Gasteiger partial charge in [0, 0.05) is 19.2 Å². The van der Waals surface area contributed by atoms with E-state index in [9.17, 15) is 18.0 Å². The van der Waals surface area contributed by atoms with Gasteiger partial charge in [0.25, 0.3) is 0 Å². The molecule has 100 valence electrons. The zero-order valence-electron chi connectivity index (χ0n) is 10.00. The van der Waals surface area contributed by atoms with Gasteiger partial charge in [-0.05, 0) is 24.5 Å². The molecular formula is C13H11F3N2O. The summed E-state index contributed by atoms with van der Waals surface area (Å²) in [6.07, 6.45) is -2.26. The van der Waals surface area contributed by atoms with Crippen molar-refractivity contribution in [3.8, 4) is 11.8 Å². The summed E-state index contributed by atoms with van der Waals surface area (Å²) >= 11 is 0. The summed E-state index contributed by atoms with van der Waals surface area (Å²) in [5.41, 5.74) is -0.535. The number of halogens is 3. The Labute approximate surface area is 108 Å². The van der Waals surface area contributed by atoms with Crippen molar-refractivity contribution in [3.05, 3.63) is 29.6 Å². The summed E-state index contributed by atoms with van der Waals surface area (Å²) in [6, 6.07) is 2.17. The minimum atomic E-state index is -4.39. The van der Waals surface area contributed by atoms with E-state index in [4.69, 9.17) is 0 Å². The first kappa shape index (κ1) is 13.4. The maximum atomic E-state index is 12.3. The number of carbonyl (C=O) groups excluding carboxylic acids is 1. The van der Waals surface area contributed by atoms with E-state index in [0.717, 1.165) is 18.7 Å². The molecule has 0 saturated carbocycles. The van der Waals surface area contributed by atoms with Gasteiger partial charge in [-0.2, -0.15) is 13.2 Å². The molecule has 0 aliphatic carbocycles. The number of likely N-dealkylation sites (tertiary alicyclic amines) is 1. The van der Waals surface area contributed by atoms with Crippen LogP contribution in [0.4, 0.5) is 13.2 Å². The van der Waals surface area contributed by atoms with Crippen molar-refractivity contribution in [2.24, 2.45) is 0 Å². The summed E-state index contributed by atoms with van der Waals surface area (Å²) in [7, 11) is 0. The minimum absolute atomic E-state index is 0.0645. The smallest absolute Gasteiger partial charge is 0.332 e. The number of amides is 1. The molecule has 1 amide bonds. The summed E-state index contributed by atoms with van der Waals surface area (Å²) < 4.78 is 36.9. The first-order valence-corrected chi connectivity index (χ1v) is 5.77. The zero-order valence-corrected chi connectivity index (χ0v) is 10.00. The molecule has 0 unspecified atom stereocenters. The van der Waals surface area contributed by atoms with E-state index in [-0.39, 0.29) is 11.6 Å². The average molecular weight is 268 g/mol. The molecule has 1 saturated heterocycles. The molecule has 0 spiro atoms. The number of carbonyl (C=O) groups is 1. The normalized spacial score (nSPS) is 15.3. The lowest BCUT2D eigenvalue weighted by Gasteiger charge is -2.09. The van der Waals surface area contributed by atoms with E-state index in [2.05, 4.69) is 16.8 Å². The van der Waals surface area contributed by atoms with Crippen LogP contribution in [0.25, 0.3) is 0 Å². The van der Waals surface area contributed by atoms with Gasteiger partial charge < -0.3 is 4.90 Å². The van der Waals surface area contributed by atoms with Crippen LogP contribution in [0.15, 0.2) is 18.3 Å². The standard InChI is InChI=1S/C13H11F3N2O/c14-13(15,16)10-5-6-11(17-9-10)3-1-7-18-8-2-4-12(18)19/h5-6,9H,2,4,7-8H2. The van der Waals surface area contributed by atoms with Crippen LogP contribution in [0.3, 0.4) is 0 Å². The summed E-state index contributed by atoms with van der Waals surface area (Å²) in [5.74, 6) is 5.46. The third-order valence-electron chi connectivity index (χ3n) is 2.75. The first-order valence-electron chi connectivity index (χ1n) is 5.77. The number of alkyl halides is 3. The van der Waals surface area contributed by atoms with Gasteiger partial charge in [-0.3, -0.25) is 4.79 Å². The van der Waals surface area contributed by atoms with Gasteiger partial charge in [-0.1, -0.05) is 5.92 Å². The summed E-state index contributed by atoms with van der Waals surface area (Å²) in [5, 5.41) is 0. The molecule has 2 heterocycles. The molecule has 1 fully saturated rings. The molecule has 2 rings (SSSR count). The highest BCUT2D eigenvalue weighted by Crippen LogP contribution is 2.28. The zero-order chi connectivity index (χ0) is 13.9. The molecule has 19 heavy (non-hydrogen) atoms. The van der Waals surface area contributed by atoms with Crippen molar-refractivity contribution in [3.63, 3.8) is 0 Å². The van der Waals surface area contributed by atoms with E-state index in [1.807, 2.05) is 0 Å². The predicted octanol–water partition coefficient (Wildman–Crippen LogP) is 2.07. The van der Waals surface area contributed by atoms with Crippen molar-refractivity contribution in [2.45, 2.75) is 19.0 Å². The van der Waals surface area contributed by atoms with E-state index in [0.29, 0.717) is 19.5 Å². The maximum absolute atomic E-state index is 12.3. The van der Waals surface area contributed by atoms with Gasteiger partial charge in [0.1, 0.15) is 5.69 Å². The van der Waals surface area contributed by atoms with Gasteiger partial charge in [0.05, 0.1) is 12.1 Å². The number of aromatic nitrogens is 1. The largest absolute Gasteiger partial charge is 0.417 e. The Balaban J connectivity index is 1.98. The van der Waals surface area contributed by atoms with E-state index >= 15 is 0 Å². The van der Waals surface area contributed by atoms with Crippen LogP contribution >= 0.6 is 0 Å². The SMILES string of the molecule is O=C1CCCN1CC#Cc1ccc(C(F)(F)F)cn1. The number of hydrogen-bond acceptors (Lipinski definition) is 2. The van der Waals surface area contributed by atoms with E-state index < -0.39 is 11.7 Å². The van der Waals surface area contributed by atoms with Crippen molar-refractivity contribution < 1.29 is 18.0 Å². The van der Waals surface area contributed by atoms with Crippen molar-refractivity contribution in [2.75, 3.05) is 13.1 Å². The molecule has 6 heteroatoms.